The molecule has 2 aliphatic carbocycles. The molecule has 1 aromatic heterocycles. The van der Waals surface area contributed by atoms with Crippen LogP contribution in [0.4, 0.5) is 17.6 Å². The van der Waals surface area contributed by atoms with Crippen LogP contribution in [0.15, 0.2) is 0 Å². The SMILES string of the molecule is Cn1nc(C(F)F)c2c1C(F)(F)[C@@H]1CC[C@H]21. The summed E-state index contributed by atoms with van der Waals surface area (Å²) in [6, 6.07) is 0. The summed E-state index contributed by atoms with van der Waals surface area (Å²) in [7, 11) is 1.31. The Morgan fingerprint density at radius 2 is 2.06 bits per heavy atom. The van der Waals surface area contributed by atoms with Gasteiger partial charge in [-0.05, 0) is 18.8 Å². The number of fused-ring (bicyclic) bond motifs is 3. The van der Waals surface area contributed by atoms with Gasteiger partial charge in [0.25, 0.3) is 12.3 Å². The normalized spacial score (nSPS) is 30.1. The van der Waals surface area contributed by atoms with Crippen molar-refractivity contribution in [1.82, 2.24) is 9.78 Å². The Labute approximate surface area is 89.2 Å². The van der Waals surface area contributed by atoms with Gasteiger partial charge in [-0.3, -0.25) is 4.68 Å². The van der Waals surface area contributed by atoms with Gasteiger partial charge in [0, 0.05) is 18.5 Å². The van der Waals surface area contributed by atoms with Crippen LogP contribution in [-0.4, -0.2) is 9.78 Å². The lowest BCUT2D eigenvalue weighted by Gasteiger charge is -2.34. The molecule has 0 spiro atoms. The van der Waals surface area contributed by atoms with E-state index in [9.17, 15) is 17.6 Å². The van der Waals surface area contributed by atoms with E-state index in [2.05, 4.69) is 5.10 Å². The van der Waals surface area contributed by atoms with Crippen LogP contribution in [0.5, 0.6) is 0 Å². The average molecular weight is 234 g/mol. The van der Waals surface area contributed by atoms with Crippen LogP contribution >= 0.6 is 0 Å². The maximum atomic E-state index is 13.9. The summed E-state index contributed by atoms with van der Waals surface area (Å²) in [5.74, 6) is -4.19. The molecule has 6 heteroatoms. The van der Waals surface area contributed by atoms with Crippen LogP contribution in [0.3, 0.4) is 0 Å². The third-order valence-corrected chi connectivity index (χ3v) is 3.75. The van der Waals surface area contributed by atoms with E-state index in [-0.39, 0.29) is 11.3 Å². The summed E-state index contributed by atoms with van der Waals surface area (Å²) < 4.78 is 54.0. The number of alkyl halides is 4. The topological polar surface area (TPSA) is 17.8 Å². The molecule has 0 radical (unpaired) electrons. The molecule has 1 fully saturated rings. The summed E-state index contributed by atoms with van der Waals surface area (Å²) in [6.45, 7) is 0. The number of rotatable bonds is 1. The van der Waals surface area contributed by atoms with E-state index in [0.717, 1.165) is 4.68 Å². The predicted octanol–water partition coefficient (Wildman–Crippen LogP) is 2.96. The van der Waals surface area contributed by atoms with Crippen molar-refractivity contribution in [3.63, 3.8) is 0 Å². The van der Waals surface area contributed by atoms with Crippen LogP contribution in [0, 0.1) is 5.92 Å². The van der Waals surface area contributed by atoms with E-state index in [1.165, 1.54) is 7.05 Å². The molecule has 1 aromatic rings. The highest BCUT2D eigenvalue weighted by Crippen LogP contribution is 2.63. The van der Waals surface area contributed by atoms with Crippen LogP contribution in [0.2, 0.25) is 0 Å². The zero-order chi connectivity index (χ0) is 11.7. The molecule has 16 heavy (non-hydrogen) atoms. The Kier molecular flexibility index (Phi) is 1.76. The van der Waals surface area contributed by atoms with Gasteiger partial charge >= 0.3 is 0 Å². The molecule has 1 heterocycles. The first kappa shape index (κ1) is 10.1. The van der Waals surface area contributed by atoms with Gasteiger partial charge in [0.05, 0.1) is 0 Å². The summed E-state index contributed by atoms with van der Waals surface area (Å²) >= 11 is 0. The van der Waals surface area contributed by atoms with E-state index in [0.29, 0.717) is 12.8 Å². The third kappa shape index (κ3) is 0.954. The second-order valence-corrected chi connectivity index (χ2v) is 4.49. The number of nitrogens with zero attached hydrogens (tertiary/aromatic N) is 2. The van der Waals surface area contributed by atoms with Crippen molar-refractivity contribution >= 4 is 0 Å². The fraction of sp³-hybridized carbons (Fsp3) is 0.700. The molecule has 0 amide bonds. The maximum Gasteiger partial charge on any atom is 0.293 e. The number of hydrogen-bond donors (Lipinski definition) is 0. The van der Waals surface area contributed by atoms with Gasteiger partial charge in [-0.2, -0.15) is 13.9 Å². The molecule has 0 N–H and O–H groups in total. The summed E-state index contributed by atoms with van der Waals surface area (Å²) in [5.41, 5.74) is -0.640. The molecular weight excluding hydrogens is 224 g/mol. The van der Waals surface area contributed by atoms with E-state index >= 15 is 0 Å². The molecule has 1 saturated carbocycles. The van der Waals surface area contributed by atoms with Crippen molar-refractivity contribution in [2.45, 2.75) is 31.1 Å². The van der Waals surface area contributed by atoms with Crippen LogP contribution in [0.25, 0.3) is 0 Å². The van der Waals surface area contributed by atoms with Gasteiger partial charge in [-0.15, -0.1) is 0 Å². The quantitative estimate of drug-likeness (QED) is 0.683. The van der Waals surface area contributed by atoms with Gasteiger partial charge in [-0.1, -0.05) is 0 Å². The van der Waals surface area contributed by atoms with Crippen molar-refractivity contribution < 1.29 is 17.6 Å². The summed E-state index contributed by atoms with van der Waals surface area (Å²) in [6.07, 6.45) is -1.79. The molecule has 0 saturated heterocycles. The Morgan fingerprint density at radius 3 is 2.56 bits per heavy atom. The molecule has 3 rings (SSSR count). The van der Waals surface area contributed by atoms with E-state index < -0.39 is 29.9 Å². The van der Waals surface area contributed by atoms with Crippen LogP contribution in [-0.2, 0) is 13.0 Å². The van der Waals surface area contributed by atoms with Gasteiger partial charge in [0.15, 0.2) is 0 Å². The lowest BCUT2D eigenvalue weighted by Crippen LogP contribution is -2.32. The summed E-state index contributed by atoms with van der Waals surface area (Å²) in [4.78, 5) is 0. The minimum Gasteiger partial charge on any atom is -0.266 e. The molecular formula is C10H10F4N2. The van der Waals surface area contributed by atoms with Crippen LogP contribution < -0.4 is 0 Å². The van der Waals surface area contributed by atoms with Crippen molar-refractivity contribution in [1.29, 1.82) is 0 Å². The molecule has 0 aliphatic heterocycles. The summed E-state index contributed by atoms with van der Waals surface area (Å²) in [5, 5.41) is 3.53. The molecule has 2 aliphatic rings. The highest BCUT2D eigenvalue weighted by Gasteiger charge is 2.61. The third-order valence-electron chi connectivity index (χ3n) is 3.75. The molecule has 0 unspecified atom stereocenters. The monoisotopic (exact) mass is 234 g/mol. The molecule has 2 atom stereocenters. The standard InChI is InChI=1S/C10H10F4N2/c1-16-8-6(7(15-16)9(11)12)4-2-3-5(4)10(8,13)14/h4-5,9H,2-3H2,1H3/t4-,5+/m0/s1. The van der Waals surface area contributed by atoms with Crippen molar-refractivity contribution in [2.75, 3.05) is 0 Å². The largest absolute Gasteiger partial charge is 0.293 e. The first-order valence-corrected chi connectivity index (χ1v) is 5.17. The van der Waals surface area contributed by atoms with E-state index in [1.54, 1.807) is 0 Å². The minimum absolute atomic E-state index is 0.110. The van der Waals surface area contributed by atoms with Gasteiger partial charge in [-0.25, -0.2) is 8.78 Å². The van der Waals surface area contributed by atoms with Gasteiger partial charge < -0.3 is 0 Å². The van der Waals surface area contributed by atoms with Gasteiger partial charge in [0.2, 0.25) is 0 Å². The van der Waals surface area contributed by atoms with Crippen molar-refractivity contribution in [2.24, 2.45) is 13.0 Å². The molecule has 2 nitrogen and oxygen atoms in total. The van der Waals surface area contributed by atoms with Crippen LogP contribution in [0.1, 0.15) is 42.1 Å². The Morgan fingerprint density at radius 1 is 1.38 bits per heavy atom. The number of aromatic nitrogens is 2. The van der Waals surface area contributed by atoms with Gasteiger partial charge in [0.1, 0.15) is 11.4 Å². The fourth-order valence-corrected chi connectivity index (χ4v) is 2.94. The predicted molar refractivity (Wildman–Crippen MR) is 47.5 cm³/mol. The second kappa shape index (κ2) is 2.78. The minimum atomic E-state index is -2.99. The van der Waals surface area contributed by atoms with E-state index in [1.807, 2.05) is 0 Å². The smallest absolute Gasteiger partial charge is 0.266 e. The average Bonchev–Trinajstić information content (AvgIpc) is 2.46. The Bertz CT molecular complexity index is 452. The van der Waals surface area contributed by atoms with Crippen molar-refractivity contribution in [3.05, 3.63) is 17.0 Å². The zero-order valence-electron chi connectivity index (χ0n) is 8.55. The first-order chi connectivity index (χ1) is 7.44. The molecule has 88 valence electrons. The number of halogens is 4. The fourth-order valence-electron chi connectivity index (χ4n) is 2.94. The lowest BCUT2D eigenvalue weighted by atomic mass is 9.73. The van der Waals surface area contributed by atoms with Crippen molar-refractivity contribution in [3.8, 4) is 0 Å². The Hall–Kier alpha value is -1.07. The zero-order valence-corrected chi connectivity index (χ0v) is 8.55. The highest BCUT2D eigenvalue weighted by atomic mass is 19.3. The number of aryl methyl sites for hydroxylation is 1. The number of hydrogen-bond acceptors (Lipinski definition) is 1. The highest BCUT2D eigenvalue weighted by molar-refractivity contribution is 5.42. The second-order valence-electron chi connectivity index (χ2n) is 4.49. The van der Waals surface area contributed by atoms with E-state index in [4.69, 9.17) is 0 Å². The maximum absolute atomic E-state index is 13.9. The molecule has 0 aromatic carbocycles. The first-order valence-electron chi connectivity index (χ1n) is 5.17. The molecule has 0 bridgehead atoms. The lowest BCUT2D eigenvalue weighted by molar-refractivity contribution is -0.0931. The Balaban J connectivity index is 2.22.